The molecule has 0 radical (unpaired) electrons. The van der Waals surface area contributed by atoms with Crippen molar-refractivity contribution in [1.82, 2.24) is 14.1 Å². The Morgan fingerprint density at radius 3 is 2.46 bits per heavy atom. The standard InChI is InChI=1S/C16H25N3O4S/c1-17(2)24(21,22)16-6-4-15(5-7-16)23-13-12-18-8-3-9-19(14-20)11-10-18/h4-7,14H,3,8-13H2,1-2H3. The third kappa shape index (κ3) is 4.93. The van der Waals surface area contributed by atoms with E-state index in [1.165, 1.54) is 18.4 Å². The van der Waals surface area contributed by atoms with Gasteiger partial charge in [-0.1, -0.05) is 0 Å². The van der Waals surface area contributed by atoms with Gasteiger partial charge in [-0.05, 0) is 30.7 Å². The van der Waals surface area contributed by atoms with Crippen LogP contribution in [0.5, 0.6) is 5.75 Å². The molecular weight excluding hydrogens is 330 g/mol. The predicted molar refractivity (Wildman–Crippen MR) is 91.5 cm³/mol. The number of carbonyl (C=O) groups is 1. The van der Waals surface area contributed by atoms with Gasteiger partial charge in [0.05, 0.1) is 4.90 Å². The Hall–Kier alpha value is -1.64. The van der Waals surface area contributed by atoms with Gasteiger partial charge in [0.1, 0.15) is 12.4 Å². The van der Waals surface area contributed by atoms with Gasteiger partial charge < -0.3 is 9.64 Å². The van der Waals surface area contributed by atoms with Gasteiger partial charge in [0.2, 0.25) is 16.4 Å². The van der Waals surface area contributed by atoms with Crippen LogP contribution in [0.1, 0.15) is 6.42 Å². The fourth-order valence-corrected chi connectivity index (χ4v) is 3.43. The number of hydrogen-bond donors (Lipinski definition) is 0. The SMILES string of the molecule is CN(C)S(=O)(=O)c1ccc(OCCN2CCCN(C=O)CC2)cc1. The van der Waals surface area contributed by atoms with E-state index in [4.69, 9.17) is 4.74 Å². The van der Waals surface area contributed by atoms with Crippen molar-refractivity contribution in [3.05, 3.63) is 24.3 Å². The van der Waals surface area contributed by atoms with Gasteiger partial charge in [0.25, 0.3) is 0 Å². The number of sulfonamides is 1. The first-order valence-electron chi connectivity index (χ1n) is 8.00. The molecule has 0 N–H and O–H groups in total. The average Bonchev–Trinajstić information content (AvgIpc) is 2.80. The Kier molecular flexibility index (Phi) is 6.59. The maximum atomic E-state index is 12.0. The molecule has 1 aromatic carbocycles. The Balaban J connectivity index is 1.82. The molecule has 134 valence electrons. The third-order valence-electron chi connectivity index (χ3n) is 4.05. The lowest BCUT2D eigenvalue weighted by Gasteiger charge is -2.20. The second-order valence-electron chi connectivity index (χ2n) is 5.94. The molecule has 0 unspecified atom stereocenters. The number of amides is 1. The molecule has 7 nitrogen and oxygen atoms in total. The van der Waals surface area contributed by atoms with Crippen LogP contribution >= 0.6 is 0 Å². The molecule has 1 aliphatic heterocycles. The van der Waals surface area contributed by atoms with Crippen molar-refractivity contribution in [2.24, 2.45) is 0 Å². The number of carbonyl (C=O) groups excluding carboxylic acids is 1. The Bertz CT molecular complexity index is 631. The zero-order chi connectivity index (χ0) is 17.6. The van der Waals surface area contributed by atoms with E-state index in [9.17, 15) is 13.2 Å². The van der Waals surface area contributed by atoms with Crippen LogP contribution in [0.4, 0.5) is 0 Å². The summed E-state index contributed by atoms with van der Waals surface area (Å²) < 4.78 is 30.9. The van der Waals surface area contributed by atoms with E-state index in [2.05, 4.69) is 4.90 Å². The Morgan fingerprint density at radius 2 is 1.83 bits per heavy atom. The smallest absolute Gasteiger partial charge is 0.242 e. The quantitative estimate of drug-likeness (QED) is 0.666. The van der Waals surface area contributed by atoms with Gasteiger partial charge in [-0.25, -0.2) is 12.7 Å². The minimum absolute atomic E-state index is 0.251. The number of benzene rings is 1. The van der Waals surface area contributed by atoms with E-state index < -0.39 is 10.0 Å². The minimum atomic E-state index is -3.41. The molecule has 1 aliphatic rings. The molecular formula is C16H25N3O4S. The molecule has 1 heterocycles. The van der Waals surface area contributed by atoms with Gasteiger partial charge in [-0.3, -0.25) is 9.69 Å². The largest absolute Gasteiger partial charge is 0.492 e. The summed E-state index contributed by atoms with van der Waals surface area (Å²) in [4.78, 5) is 15.1. The van der Waals surface area contributed by atoms with Crippen LogP contribution in [0.2, 0.25) is 0 Å². The summed E-state index contributed by atoms with van der Waals surface area (Å²) in [6.45, 7) is 4.67. The zero-order valence-corrected chi connectivity index (χ0v) is 15.0. The lowest BCUT2D eigenvalue weighted by molar-refractivity contribution is -0.118. The molecule has 2 rings (SSSR count). The van der Waals surface area contributed by atoms with Crippen LogP contribution in [0.15, 0.2) is 29.2 Å². The first kappa shape index (κ1) is 18.7. The van der Waals surface area contributed by atoms with E-state index in [-0.39, 0.29) is 4.90 Å². The minimum Gasteiger partial charge on any atom is -0.492 e. The summed E-state index contributed by atoms with van der Waals surface area (Å²) in [5, 5.41) is 0. The number of rotatable bonds is 7. The summed E-state index contributed by atoms with van der Waals surface area (Å²) in [5.41, 5.74) is 0. The lowest BCUT2D eigenvalue weighted by Crippen LogP contribution is -2.32. The second-order valence-corrected chi connectivity index (χ2v) is 8.10. The molecule has 0 atom stereocenters. The molecule has 0 aliphatic carbocycles. The average molecular weight is 355 g/mol. The van der Waals surface area contributed by atoms with Gasteiger partial charge in [-0.15, -0.1) is 0 Å². The molecule has 1 saturated heterocycles. The number of nitrogens with zero attached hydrogens (tertiary/aromatic N) is 3. The highest BCUT2D eigenvalue weighted by Crippen LogP contribution is 2.18. The normalized spacial score (nSPS) is 16.9. The van der Waals surface area contributed by atoms with Gasteiger partial charge in [-0.2, -0.15) is 0 Å². The highest BCUT2D eigenvalue weighted by atomic mass is 32.2. The number of hydrogen-bond acceptors (Lipinski definition) is 5. The van der Waals surface area contributed by atoms with Crippen molar-refractivity contribution in [2.45, 2.75) is 11.3 Å². The number of ether oxygens (including phenoxy) is 1. The van der Waals surface area contributed by atoms with Crippen LogP contribution in [0.3, 0.4) is 0 Å². The monoisotopic (exact) mass is 355 g/mol. The van der Waals surface area contributed by atoms with Crippen LogP contribution in [0, 0.1) is 0 Å². The summed E-state index contributed by atoms with van der Waals surface area (Å²) in [7, 11) is -0.393. The van der Waals surface area contributed by atoms with Gasteiger partial charge >= 0.3 is 0 Å². The van der Waals surface area contributed by atoms with Gasteiger partial charge in [0.15, 0.2) is 0 Å². The van der Waals surface area contributed by atoms with Gasteiger partial charge in [0, 0.05) is 46.8 Å². The zero-order valence-electron chi connectivity index (χ0n) is 14.2. The first-order chi connectivity index (χ1) is 11.4. The van der Waals surface area contributed by atoms with Crippen molar-refractivity contribution < 1.29 is 17.9 Å². The summed E-state index contributed by atoms with van der Waals surface area (Å²) >= 11 is 0. The predicted octanol–water partition coefficient (Wildman–Crippen LogP) is 0.480. The van der Waals surface area contributed by atoms with Crippen LogP contribution in [-0.4, -0.2) is 82.4 Å². The fraction of sp³-hybridized carbons (Fsp3) is 0.562. The van der Waals surface area contributed by atoms with Crippen LogP contribution < -0.4 is 4.74 Å². The highest BCUT2D eigenvalue weighted by molar-refractivity contribution is 7.89. The van der Waals surface area contributed by atoms with Crippen molar-refractivity contribution in [2.75, 3.05) is 53.4 Å². The topological polar surface area (TPSA) is 70.2 Å². The molecule has 1 fully saturated rings. The molecule has 0 saturated carbocycles. The second kappa shape index (κ2) is 8.46. The Morgan fingerprint density at radius 1 is 1.12 bits per heavy atom. The fourth-order valence-electron chi connectivity index (χ4n) is 2.53. The van der Waals surface area contributed by atoms with Crippen LogP contribution in [0.25, 0.3) is 0 Å². The van der Waals surface area contributed by atoms with E-state index in [1.54, 1.807) is 29.2 Å². The molecule has 24 heavy (non-hydrogen) atoms. The first-order valence-corrected chi connectivity index (χ1v) is 9.44. The maximum absolute atomic E-state index is 12.0. The van der Waals surface area contributed by atoms with Crippen molar-refractivity contribution >= 4 is 16.4 Å². The van der Waals surface area contributed by atoms with Crippen molar-refractivity contribution in [1.29, 1.82) is 0 Å². The summed E-state index contributed by atoms with van der Waals surface area (Å²) in [6, 6.07) is 6.46. The Labute approximate surface area is 143 Å². The van der Waals surface area contributed by atoms with E-state index >= 15 is 0 Å². The molecule has 0 spiro atoms. The maximum Gasteiger partial charge on any atom is 0.242 e. The van der Waals surface area contributed by atoms with Crippen LogP contribution in [-0.2, 0) is 14.8 Å². The summed E-state index contributed by atoms with van der Waals surface area (Å²) in [6.07, 6.45) is 1.87. The summed E-state index contributed by atoms with van der Waals surface area (Å²) in [5.74, 6) is 0.650. The molecule has 1 amide bonds. The third-order valence-corrected chi connectivity index (χ3v) is 5.88. The lowest BCUT2D eigenvalue weighted by atomic mass is 10.3. The molecule has 8 heteroatoms. The van der Waals surface area contributed by atoms with Crippen molar-refractivity contribution in [3.63, 3.8) is 0 Å². The van der Waals surface area contributed by atoms with E-state index in [0.29, 0.717) is 12.4 Å². The van der Waals surface area contributed by atoms with E-state index in [1.807, 2.05) is 0 Å². The highest BCUT2D eigenvalue weighted by Gasteiger charge is 2.17. The van der Waals surface area contributed by atoms with Crippen molar-refractivity contribution in [3.8, 4) is 5.75 Å². The molecule has 0 bridgehead atoms. The molecule has 1 aromatic rings. The van der Waals surface area contributed by atoms with E-state index in [0.717, 1.165) is 45.6 Å². The molecule has 0 aromatic heterocycles.